The van der Waals surface area contributed by atoms with Crippen molar-refractivity contribution in [2.45, 2.75) is 46.7 Å². The second kappa shape index (κ2) is 6.52. The molecule has 1 heterocycles. The third-order valence-electron chi connectivity index (χ3n) is 3.32. The molecule has 4 nitrogen and oxygen atoms in total. The summed E-state index contributed by atoms with van der Waals surface area (Å²) < 4.78 is 3.06. The lowest BCUT2D eigenvalue weighted by Gasteiger charge is -2.27. The van der Waals surface area contributed by atoms with Gasteiger partial charge >= 0.3 is 0 Å². The summed E-state index contributed by atoms with van der Waals surface area (Å²) in [5, 5.41) is 4.39. The van der Waals surface area contributed by atoms with E-state index < -0.39 is 0 Å². The summed E-state index contributed by atoms with van der Waals surface area (Å²) in [5.74, 6) is 6.74. The minimum absolute atomic E-state index is 0.124. The second-order valence-corrected chi connectivity index (χ2v) is 5.70. The first-order chi connectivity index (χ1) is 8.02. The van der Waals surface area contributed by atoms with Crippen LogP contribution in [0, 0.1) is 11.8 Å². The molecule has 1 aromatic heterocycles. The van der Waals surface area contributed by atoms with Gasteiger partial charge in [-0.05, 0) is 34.2 Å². The van der Waals surface area contributed by atoms with Crippen molar-refractivity contribution in [1.82, 2.24) is 15.2 Å². The van der Waals surface area contributed by atoms with Crippen LogP contribution in [0.2, 0.25) is 0 Å². The second-order valence-electron chi connectivity index (χ2n) is 4.85. The van der Waals surface area contributed by atoms with Gasteiger partial charge in [0, 0.05) is 6.54 Å². The van der Waals surface area contributed by atoms with Crippen molar-refractivity contribution in [1.29, 1.82) is 0 Å². The first kappa shape index (κ1) is 14.7. The molecule has 17 heavy (non-hydrogen) atoms. The molecule has 0 aromatic carbocycles. The summed E-state index contributed by atoms with van der Waals surface area (Å²) in [4.78, 5) is 0. The Morgan fingerprint density at radius 1 is 1.47 bits per heavy atom. The van der Waals surface area contributed by atoms with Crippen LogP contribution in [0.4, 0.5) is 0 Å². The zero-order chi connectivity index (χ0) is 13.0. The van der Waals surface area contributed by atoms with E-state index in [-0.39, 0.29) is 6.04 Å². The molecule has 98 valence electrons. The van der Waals surface area contributed by atoms with Crippen molar-refractivity contribution in [3.8, 4) is 0 Å². The molecule has 2 atom stereocenters. The van der Waals surface area contributed by atoms with Crippen LogP contribution in [0.15, 0.2) is 10.7 Å². The Labute approximate surface area is 112 Å². The van der Waals surface area contributed by atoms with Crippen LogP contribution in [0.3, 0.4) is 0 Å². The van der Waals surface area contributed by atoms with Crippen LogP contribution >= 0.6 is 15.9 Å². The Kier molecular flexibility index (Phi) is 5.62. The van der Waals surface area contributed by atoms with Crippen molar-refractivity contribution >= 4 is 15.9 Å². The van der Waals surface area contributed by atoms with Gasteiger partial charge in [0.2, 0.25) is 0 Å². The number of rotatable bonds is 6. The molecule has 1 aromatic rings. The zero-order valence-corrected chi connectivity index (χ0v) is 12.7. The Morgan fingerprint density at radius 3 is 2.59 bits per heavy atom. The average Bonchev–Trinajstić information content (AvgIpc) is 2.63. The molecule has 1 rings (SSSR count). The van der Waals surface area contributed by atoms with Crippen molar-refractivity contribution in [3.05, 3.63) is 16.4 Å². The monoisotopic (exact) mass is 302 g/mol. The maximum Gasteiger partial charge on any atom is 0.0712 e. The minimum Gasteiger partial charge on any atom is -0.271 e. The smallest absolute Gasteiger partial charge is 0.0712 e. The topological polar surface area (TPSA) is 55.9 Å². The van der Waals surface area contributed by atoms with E-state index in [0.29, 0.717) is 11.8 Å². The van der Waals surface area contributed by atoms with Crippen molar-refractivity contribution in [2.24, 2.45) is 17.7 Å². The SMILES string of the molecule is CCCn1ncc(Br)c1C(NN)C(C)C(C)C. The zero-order valence-electron chi connectivity index (χ0n) is 11.1. The number of nitrogens with zero attached hydrogens (tertiary/aromatic N) is 2. The van der Waals surface area contributed by atoms with E-state index >= 15 is 0 Å². The quantitative estimate of drug-likeness (QED) is 0.627. The molecule has 0 aliphatic rings. The van der Waals surface area contributed by atoms with Crippen LogP contribution in [0.5, 0.6) is 0 Å². The highest BCUT2D eigenvalue weighted by molar-refractivity contribution is 9.10. The van der Waals surface area contributed by atoms with E-state index in [1.54, 1.807) is 0 Å². The summed E-state index contributed by atoms with van der Waals surface area (Å²) in [6.45, 7) is 9.71. The predicted molar refractivity (Wildman–Crippen MR) is 74.3 cm³/mol. The maximum atomic E-state index is 5.72. The number of halogens is 1. The number of hydrazine groups is 1. The molecule has 0 fully saturated rings. The molecule has 0 radical (unpaired) electrons. The molecule has 0 spiro atoms. The fourth-order valence-electron chi connectivity index (χ4n) is 1.94. The molecule has 0 bridgehead atoms. The third kappa shape index (κ3) is 3.30. The molecular weight excluding hydrogens is 280 g/mol. The lowest BCUT2D eigenvalue weighted by molar-refractivity contribution is 0.290. The maximum absolute atomic E-state index is 5.72. The van der Waals surface area contributed by atoms with Gasteiger partial charge in [-0.15, -0.1) is 0 Å². The first-order valence-corrected chi connectivity index (χ1v) is 6.99. The van der Waals surface area contributed by atoms with Crippen molar-refractivity contribution in [2.75, 3.05) is 0 Å². The fraction of sp³-hybridized carbons (Fsp3) is 0.750. The average molecular weight is 303 g/mol. The Bertz CT molecular complexity index is 348. The van der Waals surface area contributed by atoms with Gasteiger partial charge in [0.1, 0.15) is 0 Å². The number of aromatic nitrogens is 2. The third-order valence-corrected chi connectivity index (χ3v) is 3.93. The van der Waals surface area contributed by atoms with E-state index in [0.717, 1.165) is 23.1 Å². The summed E-state index contributed by atoms with van der Waals surface area (Å²) in [7, 11) is 0. The number of hydrogen-bond donors (Lipinski definition) is 2. The highest BCUT2D eigenvalue weighted by Crippen LogP contribution is 2.31. The molecular formula is C12H23BrN4. The normalized spacial score (nSPS) is 15.2. The molecule has 0 amide bonds. The van der Waals surface area contributed by atoms with Gasteiger partial charge < -0.3 is 0 Å². The summed E-state index contributed by atoms with van der Waals surface area (Å²) in [6, 6.07) is 0.124. The van der Waals surface area contributed by atoms with E-state index in [9.17, 15) is 0 Å². The minimum atomic E-state index is 0.124. The molecule has 0 aliphatic heterocycles. The molecule has 5 heteroatoms. The van der Waals surface area contributed by atoms with Gasteiger partial charge in [-0.3, -0.25) is 16.0 Å². The number of aryl methyl sites for hydroxylation is 1. The molecule has 2 unspecified atom stereocenters. The van der Waals surface area contributed by atoms with Crippen molar-refractivity contribution < 1.29 is 0 Å². The van der Waals surface area contributed by atoms with Gasteiger partial charge in [-0.1, -0.05) is 27.7 Å². The first-order valence-electron chi connectivity index (χ1n) is 6.20. The number of nitrogens with two attached hydrogens (primary N) is 1. The van der Waals surface area contributed by atoms with Gasteiger partial charge in [-0.2, -0.15) is 5.10 Å². The van der Waals surface area contributed by atoms with E-state index in [2.05, 4.69) is 54.1 Å². The van der Waals surface area contributed by atoms with Crippen LogP contribution in [0.25, 0.3) is 0 Å². The molecule has 0 saturated heterocycles. The molecule has 3 N–H and O–H groups in total. The van der Waals surface area contributed by atoms with Gasteiger partial charge in [-0.25, -0.2) is 0 Å². The van der Waals surface area contributed by atoms with Gasteiger partial charge in [0.25, 0.3) is 0 Å². The van der Waals surface area contributed by atoms with Crippen LogP contribution in [0.1, 0.15) is 45.9 Å². The van der Waals surface area contributed by atoms with Crippen LogP contribution < -0.4 is 11.3 Å². The lowest BCUT2D eigenvalue weighted by Crippen LogP contribution is -2.36. The number of nitrogens with one attached hydrogen (secondary N) is 1. The Hall–Kier alpha value is -0.390. The largest absolute Gasteiger partial charge is 0.271 e. The molecule has 0 saturated carbocycles. The van der Waals surface area contributed by atoms with Crippen LogP contribution in [-0.4, -0.2) is 9.78 Å². The summed E-state index contributed by atoms with van der Waals surface area (Å²) >= 11 is 3.57. The highest BCUT2D eigenvalue weighted by Gasteiger charge is 2.26. The molecule has 0 aliphatic carbocycles. The fourth-order valence-corrected chi connectivity index (χ4v) is 2.48. The highest BCUT2D eigenvalue weighted by atomic mass is 79.9. The van der Waals surface area contributed by atoms with Crippen molar-refractivity contribution in [3.63, 3.8) is 0 Å². The summed E-state index contributed by atoms with van der Waals surface area (Å²) in [5.41, 5.74) is 4.08. The van der Waals surface area contributed by atoms with Crippen LogP contribution in [-0.2, 0) is 6.54 Å². The predicted octanol–water partition coefficient (Wildman–Crippen LogP) is 2.85. The Morgan fingerprint density at radius 2 is 2.12 bits per heavy atom. The van der Waals surface area contributed by atoms with E-state index in [4.69, 9.17) is 5.84 Å². The lowest BCUT2D eigenvalue weighted by atomic mass is 9.89. The van der Waals surface area contributed by atoms with E-state index in [1.165, 1.54) is 0 Å². The van der Waals surface area contributed by atoms with Gasteiger partial charge in [0.15, 0.2) is 0 Å². The summed E-state index contributed by atoms with van der Waals surface area (Å²) in [6.07, 6.45) is 2.91. The van der Waals surface area contributed by atoms with Gasteiger partial charge in [0.05, 0.1) is 22.4 Å². The van der Waals surface area contributed by atoms with E-state index in [1.807, 2.05) is 10.9 Å². The number of hydrogen-bond acceptors (Lipinski definition) is 3. The standard InChI is InChI=1S/C12H23BrN4/c1-5-6-17-12(10(13)7-15-17)11(16-14)9(4)8(2)3/h7-9,11,16H,5-6,14H2,1-4H3. The Balaban J connectivity index is 3.05.